The third kappa shape index (κ3) is 3.87. The number of nitrogens with two attached hydrogens (primary N) is 1. The van der Waals surface area contributed by atoms with Crippen molar-refractivity contribution in [3.63, 3.8) is 0 Å². The molecule has 7 nitrogen and oxygen atoms in total. The van der Waals surface area contributed by atoms with Gasteiger partial charge in [0, 0.05) is 11.3 Å². The van der Waals surface area contributed by atoms with Crippen LogP contribution in [0.25, 0.3) is 10.8 Å². The fraction of sp³-hybridized carbons (Fsp3) is 0.217. The molecule has 1 amide bonds. The quantitative estimate of drug-likeness (QED) is 0.479. The molecule has 166 valence electrons. The lowest BCUT2D eigenvalue weighted by atomic mass is 9.83. The van der Waals surface area contributed by atoms with E-state index in [1.807, 2.05) is 12.1 Å². The van der Waals surface area contributed by atoms with Gasteiger partial charge in [-0.15, -0.1) is 0 Å². The summed E-state index contributed by atoms with van der Waals surface area (Å²) in [4.78, 5) is 24.5. The number of thiol groups is 1. The molecule has 3 N–H and O–H groups in total. The fourth-order valence-electron chi connectivity index (χ4n) is 4.38. The smallest absolute Gasteiger partial charge is 0.312 e. The second kappa shape index (κ2) is 8.23. The zero-order valence-electron chi connectivity index (χ0n) is 17.0. The molecule has 3 atom stereocenters. The molecule has 0 spiro atoms. The van der Waals surface area contributed by atoms with Crippen molar-refractivity contribution in [1.29, 1.82) is 0 Å². The van der Waals surface area contributed by atoms with E-state index in [-0.39, 0.29) is 17.9 Å². The lowest BCUT2D eigenvalue weighted by Gasteiger charge is -2.30. The third-order valence-corrected chi connectivity index (χ3v) is 8.33. The van der Waals surface area contributed by atoms with Crippen LogP contribution in [-0.4, -0.2) is 47.0 Å². The van der Waals surface area contributed by atoms with Gasteiger partial charge in [-0.3, -0.25) is 9.59 Å². The van der Waals surface area contributed by atoms with Gasteiger partial charge in [0.2, 0.25) is 15.9 Å². The Kier molecular flexibility index (Phi) is 5.74. The molecule has 1 unspecified atom stereocenters. The molecule has 0 radical (unpaired) electrons. The molecule has 1 saturated heterocycles. The highest BCUT2D eigenvalue weighted by Crippen LogP contribution is 2.45. The number of aliphatic carboxylic acids is 1. The van der Waals surface area contributed by atoms with Crippen LogP contribution >= 0.6 is 12.6 Å². The molecule has 1 aliphatic heterocycles. The Bertz CT molecular complexity index is 1300. The van der Waals surface area contributed by atoms with Crippen LogP contribution in [-0.2, 0) is 19.6 Å². The third-order valence-electron chi connectivity index (χ3n) is 5.90. The summed E-state index contributed by atoms with van der Waals surface area (Å²) in [5.74, 6) is -3.13. The maximum atomic E-state index is 13.5. The summed E-state index contributed by atoms with van der Waals surface area (Å²) in [5.41, 5.74) is 6.04. The van der Waals surface area contributed by atoms with Crippen molar-refractivity contribution in [3.8, 4) is 0 Å². The van der Waals surface area contributed by atoms with Crippen LogP contribution in [0.15, 0.2) is 77.7 Å². The number of nitrogens with zero attached hydrogens (tertiary/aromatic N) is 1. The Morgan fingerprint density at radius 2 is 1.66 bits per heavy atom. The topological polar surface area (TPSA) is 118 Å². The number of amides is 1. The predicted molar refractivity (Wildman–Crippen MR) is 124 cm³/mol. The molecule has 0 aromatic heterocycles. The van der Waals surface area contributed by atoms with Crippen molar-refractivity contribution >= 4 is 45.3 Å². The Morgan fingerprint density at radius 1 is 1.03 bits per heavy atom. The molecule has 3 aromatic rings. The minimum atomic E-state index is -4.15. The van der Waals surface area contributed by atoms with Gasteiger partial charge < -0.3 is 10.8 Å². The number of sulfonamides is 1. The number of carboxylic acid groups (broad SMARTS) is 1. The SMILES string of the molecule is NC(=O)[C@@H]1C[C@](S)(C(C(=O)O)c2ccccc2)CN1S(=O)(=O)c1ccc2ccccc2c1. The van der Waals surface area contributed by atoms with E-state index in [9.17, 15) is 23.1 Å². The molecule has 0 bridgehead atoms. The van der Waals surface area contributed by atoms with Crippen LogP contribution < -0.4 is 5.73 Å². The molecule has 32 heavy (non-hydrogen) atoms. The van der Waals surface area contributed by atoms with Gasteiger partial charge in [0.25, 0.3) is 0 Å². The van der Waals surface area contributed by atoms with E-state index in [0.29, 0.717) is 5.56 Å². The summed E-state index contributed by atoms with van der Waals surface area (Å²) in [5, 5.41) is 11.6. The first-order valence-electron chi connectivity index (χ1n) is 9.93. The highest BCUT2D eigenvalue weighted by molar-refractivity contribution is 7.89. The van der Waals surface area contributed by atoms with Gasteiger partial charge in [-0.1, -0.05) is 60.7 Å². The van der Waals surface area contributed by atoms with Crippen molar-refractivity contribution in [2.24, 2.45) is 5.73 Å². The number of hydrogen-bond donors (Lipinski definition) is 3. The second-order valence-corrected chi connectivity index (χ2v) is 10.7. The van der Waals surface area contributed by atoms with Crippen molar-refractivity contribution in [1.82, 2.24) is 4.31 Å². The summed E-state index contributed by atoms with van der Waals surface area (Å²) in [6.45, 7) is -0.273. The lowest BCUT2D eigenvalue weighted by Crippen LogP contribution is -2.44. The van der Waals surface area contributed by atoms with Crippen molar-refractivity contribution < 1.29 is 23.1 Å². The second-order valence-electron chi connectivity index (χ2n) is 7.97. The summed E-state index contributed by atoms with van der Waals surface area (Å²) in [6.07, 6.45) is -0.121. The van der Waals surface area contributed by atoms with Gasteiger partial charge >= 0.3 is 5.97 Å². The number of carboxylic acids is 1. The van der Waals surface area contributed by atoms with E-state index in [1.165, 1.54) is 12.1 Å². The van der Waals surface area contributed by atoms with Crippen molar-refractivity contribution in [2.45, 2.75) is 28.0 Å². The van der Waals surface area contributed by atoms with Gasteiger partial charge in [0.1, 0.15) is 6.04 Å². The molecule has 1 fully saturated rings. The number of primary amides is 1. The molecule has 1 aliphatic rings. The fourth-order valence-corrected chi connectivity index (χ4v) is 6.76. The zero-order valence-corrected chi connectivity index (χ0v) is 18.7. The first-order valence-corrected chi connectivity index (χ1v) is 11.8. The summed E-state index contributed by atoms with van der Waals surface area (Å²) < 4.78 is 26.7. The Hall–Kier alpha value is -2.88. The van der Waals surface area contributed by atoms with Crippen LogP contribution in [0.4, 0.5) is 0 Å². The number of fused-ring (bicyclic) bond motifs is 1. The van der Waals surface area contributed by atoms with E-state index >= 15 is 0 Å². The maximum Gasteiger partial charge on any atom is 0.312 e. The number of carbonyl (C=O) groups is 2. The van der Waals surface area contributed by atoms with Crippen LogP contribution in [0.1, 0.15) is 17.9 Å². The number of carbonyl (C=O) groups excluding carboxylic acids is 1. The minimum Gasteiger partial charge on any atom is -0.481 e. The molecular weight excluding hydrogens is 448 g/mol. The molecule has 9 heteroatoms. The van der Waals surface area contributed by atoms with Crippen LogP contribution in [0.5, 0.6) is 0 Å². The van der Waals surface area contributed by atoms with Crippen LogP contribution in [0, 0.1) is 0 Å². The molecule has 4 rings (SSSR count). The Balaban J connectivity index is 1.77. The largest absolute Gasteiger partial charge is 0.481 e. The van der Waals surface area contributed by atoms with Crippen LogP contribution in [0.2, 0.25) is 0 Å². The van der Waals surface area contributed by atoms with Gasteiger partial charge in [-0.05, 0) is 34.9 Å². The molecule has 0 saturated carbocycles. The number of benzene rings is 3. The summed E-state index contributed by atoms with van der Waals surface area (Å²) >= 11 is 4.65. The van der Waals surface area contributed by atoms with Gasteiger partial charge in [0.15, 0.2) is 0 Å². The predicted octanol–water partition coefficient (Wildman–Crippen LogP) is 2.63. The lowest BCUT2D eigenvalue weighted by molar-refractivity contribution is -0.139. The van der Waals surface area contributed by atoms with Crippen LogP contribution in [0.3, 0.4) is 0 Å². The normalized spacial score (nSPS) is 22.6. The van der Waals surface area contributed by atoms with E-state index in [4.69, 9.17) is 5.73 Å². The molecule has 1 heterocycles. The van der Waals surface area contributed by atoms with E-state index in [1.54, 1.807) is 48.5 Å². The standard InChI is InChI=1S/C23H22N2O5S2/c24-21(26)19-13-23(31,20(22(27)28)16-7-2-1-3-8-16)14-25(19)32(29,30)18-11-10-15-6-4-5-9-17(15)12-18/h1-12,19-20,31H,13-14H2,(H2,24,26)(H,27,28)/t19-,20?,23+/m0/s1. The van der Waals surface area contributed by atoms with E-state index in [2.05, 4.69) is 12.6 Å². The summed E-state index contributed by atoms with van der Waals surface area (Å²) in [7, 11) is -4.15. The molecule has 3 aromatic carbocycles. The monoisotopic (exact) mass is 470 g/mol. The van der Waals surface area contributed by atoms with Gasteiger partial charge in [-0.2, -0.15) is 16.9 Å². The number of hydrogen-bond acceptors (Lipinski definition) is 5. The Morgan fingerprint density at radius 3 is 2.28 bits per heavy atom. The minimum absolute atomic E-state index is 0.00613. The molecular formula is C23H22N2O5S2. The van der Waals surface area contributed by atoms with E-state index < -0.39 is 38.6 Å². The average molecular weight is 471 g/mol. The number of rotatable bonds is 6. The summed E-state index contributed by atoms with van der Waals surface area (Å²) in [6, 6.07) is 19.3. The first kappa shape index (κ1) is 22.3. The van der Waals surface area contributed by atoms with Crippen molar-refractivity contribution in [3.05, 3.63) is 78.4 Å². The Labute approximate surface area is 191 Å². The van der Waals surface area contributed by atoms with Gasteiger partial charge in [0.05, 0.1) is 10.8 Å². The zero-order chi connectivity index (χ0) is 23.1. The van der Waals surface area contributed by atoms with Crippen molar-refractivity contribution in [2.75, 3.05) is 6.54 Å². The first-order chi connectivity index (χ1) is 15.1. The average Bonchev–Trinajstić information content (AvgIpc) is 3.13. The highest BCUT2D eigenvalue weighted by atomic mass is 32.2. The molecule has 0 aliphatic carbocycles. The maximum absolute atomic E-state index is 13.5. The van der Waals surface area contributed by atoms with Gasteiger partial charge in [-0.25, -0.2) is 8.42 Å². The van der Waals surface area contributed by atoms with E-state index in [0.717, 1.165) is 15.1 Å². The highest BCUT2D eigenvalue weighted by Gasteiger charge is 2.55.